The van der Waals surface area contributed by atoms with Crippen molar-refractivity contribution >= 4 is 37.7 Å². The van der Waals surface area contributed by atoms with Gasteiger partial charge in [-0.05, 0) is 31.0 Å². The number of benzene rings is 1. The second kappa shape index (κ2) is 8.57. The summed E-state index contributed by atoms with van der Waals surface area (Å²) in [5, 5.41) is 0.700. The van der Waals surface area contributed by atoms with Gasteiger partial charge < -0.3 is 14.3 Å². The van der Waals surface area contributed by atoms with Crippen molar-refractivity contribution in [3.8, 4) is 0 Å². The van der Waals surface area contributed by atoms with Crippen LogP contribution in [0, 0.1) is 0 Å². The molecule has 3 aromatic heterocycles. The molecule has 0 bridgehead atoms. The van der Waals surface area contributed by atoms with Crippen molar-refractivity contribution in [2.75, 3.05) is 6.61 Å². The van der Waals surface area contributed by atoms with Gasteiger partial charge in [-0.15, -0.1) is 6.58 Å². The lowest BCUT2D eigenvalue weighted by molar-refractivity contribution is -0.120. The van der Waals surface area contributed by atoms with Crippen molar-refractivity contribution in [2.45, 2.75) is 48.3 Å². The summed E-state index contributed by atoms with van der Waals surface area (Å²) in [4.78, 5) is 24.4. The quantitative estimate of drug-likeness (QED) is 0.325. The van der Waals surface area contributed by atoms with Crippen LogP contribution in [0.1, 0.15) is 37.5 Å². The molecule has 0 atom stereocenters. The molecule has 1 fully saturated rings. The maximum absolute atomic E-state index is 13.6. The van der Waals surface area contributed by atoms with Crippen molar-refractivity contribution in [1.82, 2.24) is 19.5 Å². The van der Waals surface area contributed by atoms with Crippen LogP contribution in [0.4, 0.5) is 0 Å². The predicted molar refractivity (Wildman–Crippen MR) is 124 cm³/mol. The number of carbonyl (C=O) groups excluding carboxylic acids is 1. The SMILES string of the molecule is C=CCOCc1nc2c(S(=O)(=O)c3ccccc3)nc3[nH]ccc3c2n1C1CCC(=O)CC1. The molecule has 5 rings (SSSR count). The smallest absolute Gasteiger partial charge is 0.226 e. The first-order chi connectivity index (χ1) is 16.0. The lowest BCUT2D eigenvalue weighted by Gasteiger charge is -2.25. The normalized spacial score (nSPS) is 15.5. The minimum atomic E-state index is -3.92. The lowest BCUT2D eigenvalue weighted by Crippen LogP contribution is -2.20. The van der Waals surface area contributed by atoms with Crippen LogP contribution in [0.15, 0.2) is 65.2 Å². The highest BCUT2D eigenvalue weighted by Gasteiger charge is 2.31. The largest absolute Gasteiger partial charge is 0.369 e. The number of ketones is 1. The van der Waals surface area contributed by atoms with Crippen LogP contribution >= 0.6 is 0 Å². The maximum Gasteiger partial charge on any atom is 0.226 e. The minimum absolute atomic E-state index is 0.0165. The van der Waals surface area contributed by atoms with Gasteiger partial charge in [0.25, 0.3) is 0 Å². The van der Waals surface area contributed by atoms with E-state index in [1.165, 1.54) is 0 Å². The number of ether oxygens (including phenoxy) is 1. The second-order valence-corrected chi connectivity index (χ2v) is 10.0. The van der Waals surface area contributed by atoms with E-state index in [1.54, 1.807) is 42.6 Å². The number of hydrogen-bond acceptors (Lipinski definition) is 6. The number of hydrogen-bond donors (Lipinski definition) is 1. The van der Waals surface area contributed by atoms with E-state index in [9.17, 15) is 13.2 Å². The number of nitrogens with one attached hydrogen (secondary N) is 1. The van der Waals surface area contributed by atoms with Crippen LogP contribution in [-0.4, -0.2) is 40.3 Å². The molecular weight excluding hydrogens is 440 g/mol. The molecule has 1 aliphatic rings. The number of Topliss-reactive ketones (excluding diaryl/α,β-unsaturated/α-hetero) is 1. The lowest BCUT2D eigenvalue weighted by atomic mass is 9.94. The summed E-state index contributed by atoms with van der Waals surface area (Å²) >= 11 is 0. The number of rotatable bonds is 7. The van der Waals surface area contributed by atoms with Crippen molar-refractivity contribution < 1.29 is 17.9 Å². The zero-order valence-corrected chi connectivity index (χ0v) is 18.8. The first-order valence-electron chi connectivity index (χ1n) is 10.9. The predicted octanol–water partition coefficient (Wildman–Crippen LogP) is 4.13. The summed E-state index contributed by atoms with van der Waals surface area (Å²) in [5.74, 6) is 0.868. The van der Waals surface area contributed by atoms with Crippen LogP contribution in [0.25, 0.3) is 22.1 Å². The first-order valence-corrected chi connectivity index (χ1v) is 12.4. The third kappa shape index (κ3) is 3.77. The average Bonchev–Trinajstić information content (AvgIpc) is 3.44. The van der Waals surface area contributed by atoms with Crippen molar-refractivity contribution in [2.24, 2.45) is 0 Å². The highest BCUT2D eigenvalue weighted by atomic mass is 32.2. The third-order valence-corrected chi connectivity index (χ3v) is 7.72. The van der Waals surface area contributed by atoms with E-state index >= 15 is 0 Å². The number of nitrogens with zero attached hydrogens (tertiary/aromatic N) is 3. The van der Waals surface area contributed by atoms with Gasteiger partial charge in [0.05, 0.1) is 17.0 Å². The fourth-order valence-corrected chi connectivity index (χ4v) is 5.84. The number of sulfone groups is 1. The fourth-order valence-electron chi connectivity index (χ4n) is 4.49. The van der Waals surface area contributed by atoms with Crippen LogP contribution in [0.3, 0.4) is 0 Å². The average molecular weight is 465 g/mol. The summed E-state index contributed by atoms with van der Waals surface area (Å²) in [7, 11) is -3.92. The molecule has 0 amide bonds. The van der Waals surface area contributed by atoms with Crippen LogP contribution in [0.2, 0.25) is 0 Å². The molecule has 1 saturated carbocycles. The molecule has 0 saturated heterocycles. The Morgan fingerprint density at radius 3 is 2.64 bits per heavy atom. The molecule has 3 heterocycles. The van der Waals surface area contributed by atoms with Crippen molar-refractivity contribution in [3.63, 3.8) is 0 Å². The van der Waals surface area contributed by atoms with Gasteiger partial charge in [0, 0.05) is 30.5 Å². The summed E-state index contributed by atoms with van der Waals surface area (Å²) in [6.45, 7) is 4.23. The molecule has 33 heavy (non-hydrogen) atoms. The fraction of sp³-hybridized carbons (Fsp3) is 0.292. The Hall–Kier alpha value is -3.30. The zero-order chi connectivity index (χ0) is 23.0. The number of fused-ring (bicyclic) bond motifs is 3. The highest BCUT2D eigenvalue weighted by Crippen LogP contribution is 2.37. The molecule has 0 radical (unpaired) electrons. The van der Waals surface area contributed by atoms with Gasteiger partial charge in [0.15, 0.2) is 5.03 Å². The summed E-state index contributed by atoms with van der Waals surface area (Å²) < 4.78 is 35.0. The number of H-pyrrole nitrogens is 1. The number of carbonyl (C=O) groups is 1. The number of aromatic nitrogens is 4. The number of pyridine rings is 1. The van der Waals surface area contributed by atoms with E-state index in [0.29, 0.717) is 54.8 Å². The highest BCUT2D eigenvalue weighted by molar-refractivity contribution is 7.91. The Kier molecular flexibility index (Phi) is 5.59. The second-order valence-electron chi connectivity index (χ2n) is 8.14. The topological polar surface area (TPSA) is 107 Å². The molecule has 1 N–H and O–H groups in total. The van der Waals surface area contributed by atoms with Gasteiger partial charge in [-0.25, -0.2) is 18.4 Å². The van der Waals surface area contributed by atoms with E-state index < -0.39 is 9.84 Å². The Morgan fingerprint density at radius 2 is 1.91 bits per heavy atom. The molecular formula is C24H24N4O4S. The summed E-state index contributed by atoms with van der Waals surface area (Å²) in [5.41, 5.74) is 1.50. The van der Waals surface area contributed by atoms with E-state index in [-0.39, 0.29) is 28.4 Å². The standard InChI is InChI=1S/C24H24N4O4S/c1-2-14-32-15-20-26-21-22(28(20)16-8-10-17(29)11-9-16)19-12-13-25-23(19)27-24(21)33(30,31)18-6-4-3-5-7-18/h2-7,12-13,16H,1,8-11,14-15H2,(H,25,27). The van der Waals surface area contributed by atoms with E-state index in [0.717, 1.165) is 5.39 Å². The number of aromatic amines is 1. The monoisotopic (exact) mass is 464 g/mol. The Balaban J connectivity index is 1.78. The minimum Gasteiger partial charge on any atom is -0.369 e. The van der Waals surface area contributed by atoms with Crippen molar-refractivity contribution in [1.29, 1.82) is 0 Å². The molecule has 9 heteroatoms. The number of imidazole rings is 1. The van der Waals surface area contributed by atoms with E-state index in [2.05, 4.69) is 21.1 Å². The van der Waals surface area contributed by atoms with Crippen molar-refractivity contribution in [3.05, 3.63) is 61.1 Å². The molecule has 170 valence electrons. The Bertz CT molecular complexity index is 1440. The summed E-state index contributed by atoms with van der Waals surface area (Å²) in [6.07, 6.45) is 5.73. The molecule has 0 spiro atoms. The molecule has 1 aliphatic carbocycles. The van der Waals surface area contributed by atoms with Gasteiger partial charge in [0.2, 0.25) is 9.84 Å². The Morgan fingerprint density at radius 1 is 1.15 bits per heavy atom. The van der Waals surface area contributed by atoms with Gasteiger partial charge in [-0.2, -0.15) is 0 Å². The van der Waals surface area contributed by atoms with E-state index in [1.807, 2.05) is 6.07 Å². The van der Waals surface area contributed by atoms with Gasteiger partial charge in [-0.1, -0.05) is 24.3 Å². The van der Waals surface area contributed by atoms with Gasteiger partial charge in [0.1, 0.15) is 29.4 Å². The molecule has 0 unspecified atom stereocenters. The zero-order valence-electron chi connectivity index (χ0n) is 18.0. The van der Waals surface area contributed by atoms with Crippen LogP contribution in [0.5, 0.6) is 0 Å². The molecule has 0 aliphatic heterocycles. The Labute approximate surface area is 191 Å². The van der Waals surface area contributed by atoms with E-state index in [4.69, 9.17) is 9.72 Å². The molecule has 4 aromatic rings. The first kappa shape index (κ1) is 21.5. The van der Waals surface area contributed by atoms with Gasteiger partial charge >= 0.3 is 0 Å². The molecule has 1 aromatic carbocycles. The maximum atomic E-state index is 13.6. The summed E-state index contributed by atoms with van der Waals surface area (Å²) in [6, 6.07) is 10.1. The van der Waals surface area contributed by atoms with Crippen LogP contribution in [-0.2, 0) is 26.0 Å². The van der Waals surface area contributed by atoms with Crippen LogP contribution < -0.4 is 0 Å². The third-order valence-electron chi connectivity index (χ3n) is 6.03. The van der Waals surface area contributed by atoms with Gasteiger partial charge in [-0.3, -0.25) is 4.79 Å². The molecule has 8 nitrogen and oxygen atoms in total.